The summed E-state index contributed by atoms with van der Waals surface area (Å²) in [7, 11) is 1.62. The van der Waals surface area contributed by atoms with Crippen molar-refractivity contribution in [1.29, 1.82) is 0 Å². The van der Waals surface area contributed by atoms with Gasteiger partial charge in [-0.25, -0.2) is 13.2 Å². The van der Waals surface area contributed by atoms with Gasteiger partial charge in [-0.1, -0.05) is 12.1 Å². The summed E-state index contributed by atoms with van der Waals surface area (Å²) in [5.41, 5.74) is 0.966. The molecule has 0 amide bonds. The molecule has 0 aliphatic rings. The topological polar surface area (TPSA) is 12.0 Å². The Morgan fingerprint density at radius 3 is 2.40 bits per heavy atom. The predicted molar refractivity (Wildman–Crippen MR) is 81.1 cm³/mol. The van der Waals surface area contributed by atoms with E-state index in [9.17, 15) is 13.2 Å². The minimum Gasteiger partial charge on any atom is -0.309 e. The van der Waals surface area contributed by atoms with E-state index in [4.69, 9.17) is 0 Å². The first-order valence-corrected chi connectivity index (χ1v) is 7.10. The third kappa shape index (κ3) is 2.83. The first-order chi connectivity index (χ1) is 9.45. The Labute approximate surface area is 129 Å². The first kappa shape index (κ1) is 15.3. The number of benzene rings is 2. The van der Waals surface area contributed by atoms with E-state index in [1.807, 2.05) is 22.6 Å². The molecule has 0 aliphatic heterocycles. The van der Waals surface area contributed by atoms with Gasteiger partial charge in [0.2, 0.25) is 0 Å². The van der Waals surface area contributed by atoms with Crippen LogP contribution in [0.25, 0.3) is 0 Å². The van der Waals surface area contributed by atoms with Crippen LogP contribution in [-0.4, -0.2) is 7.05 Å². The summed E-state index contributed by atoms with van der Waals surface area (Å²) in [5, 5.41) is 2.90. The SMILES string of the molecule is CNC(c1ccc(F)cc1I)c1c(F)ccc(C)c1F. The molecule has 0 aromatic heterocycles. The van der Waals surface area contributed by atoms with Crippen LogP contribution in [0.15, 0.2) is 30.3 Å². The van der Waals surface area contributed by atoms with Gasteiger partial charge in [0.25, 0.3) is 0 Å². The summed E-state index contributed by atoms with van der Waals surface area (Å²) in [6.07, 6.45) is 0. The summed E-state index contributed by atoms with van der Waals surface area (Å²) < 4.78 is 42.0. The fourth-order valence-electron chi connectivity index (χ4n) is 2.13. The van der Waals surface area contributed by atoms with Crippen molar-refractivity contribution in [3.8, 4) is 0 Å². The zero-order valence-electron chi connectivity index (χ0n) is 11.0. The van der Waals surface area contributed by atoms with Gasteiger partial charge in [0, 0.05) is 9.13 Å². The molecule has 2 rings (SSSR count). The molecule has 1 nitrogen and oxygen atoms in total. The van der Waals surface area contributed by atoms with Crippen molar-refractivity contribution < 1.29 is 13.2 Å². The Balaban J connectivity index is 2.61. The molecule has 5 heteroatoms. The lowest BCUT2D eigenvalue weighted by Gasteiger charge is -2.20. The standard InChI is InChI=1S/C15H13F3IN/c1-8-3-6-11(17)13(14(8)18)15(20-2)10-5-4-9(16)7-12(10)19/h3-7,15,20H,1-2H3. The summed E-state index contributed by atoms with van der Waals surface area (Å²) in [6, 6.07) is 6.14. The fraction of sp³-hybridized carbons (Fsp3) is 0.200. The summed E-state index contributed by atoms with van der Waals surface area (Å²) in [6.45, 7) is 1.58. The van der Waals surface area contributed by atoms with E-state index in [-0.39, 0.29) is 11.4 Å². The molecule has 0 aliphatic carbocycles. The Morgan fingerprint density at radius 2 is 1.80 bits per heavy atom. The Kier molecular flexibility index (Phi) is 4.70. The molecule has 106 valence electrons. The van der Waals surface area contributed by atoms with E-state index < -0.39 is 17.7 Å². The van der Waals surface area contributed by atoms with Crippen LogP contribution in [0.4, 0.5) is 13.2 Å². The molecule has 1 unspecified atom stereocenters. The average molecular weight is 391 g/mol. The summed E-state index contributed by atoms with van der Waals surface area (Å²) in [5.74, 6) is -1.57. The van der Waals surface area contributed by atoms with Crippen LogP contribution in [0.2, 0.25) is 0 Å². The normalized spacial score (nSPS) is 12.5. The van der Waals surface area contributed by atoms with E-state index in [0.717, 1.165) is 0 Å². The second-order valence-corrected chi connectivity index (χ2v) is 5.64. The van der Waals surface area contributed by atoms with Gasteiger partial charge in [0.05, 0.1) is 6.04 Å². The van der Waals surface area contributed by atoms with Crippen molar-refractivity contribution in [2.45, 2.75) is 13.0 Å². The third-order valence-corrected chi connectivity index (χ3v) is 4.10. The monoisotopic (exact) mass is 391 g/mol. The molecule has 20 heavy (non-hydrogen) atoms. The smallest absolute Gasteiger partial charge is 0.134 e. The zero-order chi connectivity index (χ0) is 14.9. The molecule has 1 atom stereocenters. The van der Waals surface area contributed by atoms with E-state index in [1.165, 1.54) is 24.3 Å². The molecule has 0 spiro atoms. The van der Waals surface area contributed by atoms with Gasteiger partial charge in [-0.2, -0.15) is 0 Å². The highest BCUT2D eigenvalue weighted by Crippen LogP contribution is 2.31. The van der Waals surface area contributed by atoms with Crippen molar-refractivity contribution in [1.82, 2.24) is 5.32 Å². The highest BCUT2D eigenvalue weighted by atomic mass is 127. The Hall–Kier alpha value is -1.08. The van der Waals surface area contributed by atoms with E-state index in [0.29, 0.717) is 14.7 Å². The molecule has 0 heterocycles. The Morgan fingerprint density at radius 1 is 1.10 bits per heavy atom. The molecule has 0 radical (unpaired) electrons. The second-order valence-electron chi connectivity index (χ2n) is 4.48. The maximum Gasteiger partial charge on any atom is 0.134 e. The third-order valence-electron chi connectivity index (χ3n) is 3.17. The number of nitrogens with one attached hydrogen (secondary N) is 1. The maximum absolute atomic E-state index is 14.2. The van der Waals surface area contributed by atoms with Gasteiger partial charge >= 0.3 is 0 Å². The van der Waals surface area contributed by atoms with Crippen molar-refractivity contribution in [3.05, 3.63) is 68.0 Å². The maximum atomic E-state index is 14.2. The summed E-state index contributed by atoms with van der Waals surface area (Å²) in [4.78, 5) is 0. The lowest BCUT2D eigenvalue weighted by Crippen LogP contribution is -2.22. The van der Waals surface area contributed by atoms with E-state index >= 15 is 0 Å². The number of hydrogen-bond donors (Lipinski definition) is 1. The molecular formula is C15H13F3IN. The van der Waals surface area contributed by atoms with Gasteiger partial charge in [0.15, 0.2) is 0 Å². The summed E-state index contributed by atoms with van der Waals surface area (Å²) >= 11 is 1.96. The molecule has 1 N–H and O–H groups in total. The quantitative estimate of drug-likeness (QED) is 0.769. The van der Waals surface area contributed by atoms with Gasteiger partial charge in [0.1, 0.15) is 17.5 Å². The van der Waals surface area contributed by atoms with Crippen LogP contribution in [0.3, 0.4) is 0 Å². The van der Waals surface area contributed by atoms with Gasteiger partial charge in [-0.3, -0.25) is 0 Å². The molecule has 2 aromatic carbocycles. The highest BCUT2D eigenvalue weighted by molar-refractivity contribution is 14.1. The zero-order valence-corrected chi connectivity index (χ0v) is 13.1. The van der Waals surface area contributed by atoms with Gasteiger partial charge < -0.3 is 5.32 Å². The van der Waals surface area contributed by atoms with Crippen molar-refractivity contribution in [2.24, 2.45) is 0 Å². The minimum atomic E-state index is -0.664. The second kappa shape index (κ2) is 6.13. The van der Waals surface area contributed by atoms with Crippen LogP contribution in [0.1, 0.15) is 22.7 Å². The van der Waals surface area contributed by atoms with Crippen molar-refractivity contribution in [2.75, 3.05) is 7.05 Å². The van der Waals surface area contributed by atoms with Crippen LogP contribution < -0.4 is 5.32 Å². The van der Waals surface area contributed by atoms with Crippen molar-refractivity contribution >= 4 is 22.6 Å². The lowest BCUT2D eigenvalue weighted by atomic mass is 9.96. The number of hydrogen-bond acceptors (Lipinski definition) is 1. The number of halogens is 4. The van der Waals surface area contributed by atoms with E-state index in [2.05, 4.69) is 5.32 Å². The molecule has 0 saturated carbocycles. The molecular weight excluding hydrogens is 378 g/mol. The largest absolute Gasteiger partial charge is 0.309 e. The van der Waals surface area contributed by atoms with Crippen LogP contribution in [0, 0.1) is 27.9 Å². The molecule has 0 saturated heterocycles. The average Bonchev–Trinajstić information content (AvgIpc) is 2.40. The molecule has 0 fully saturated rings. The molecule has 2 aromatic rings. The highest BCUT2D eigenvalue weighted by Gasteiger charge is 2.23. The van der Waals surface area contributed by atoms with Crippen LogP contribution >= 0.6 is 22.6 Å². The first-order valence-electron chi connectivity index (χ1n) is 6.02. The van der Waals surface area contributed by atoms with E-state index in [1.54, 1.807) is 20.0 Å². The van der Waals surface area contributed by atoms with Crippen molar-refractivity contribution in [3.63, 3.8) is 0 Å². The van der Waals surface area contributed by atoms with Crippen LogP contribution in [-0.2, 0) is 0 Å². The van der Waals surface area contributed by atoms with Gasteiger partial charge in [-0.05, 0) is 65.9 Å². The lowest BCUT2D eigenvalue weighted by molar-refractivity contribution is 0.516. The predicted octanol–water partition coefficient (Wildman–Crippen LogP) is 4.33. The van der Waals surface area contributed by atoms with Gasteiger partial charge in [-0.15, -0.1) is 0 Å². The Bertz CT molecular complexity index is 643. The fourth-order valence-corrected chi connectivity index (χ4v) is 2.92. The molecule has 0 bridgehead atoms. The number of rotatable bonds is 3. The number of aryl methyl sites for hydroxylation is 1. The van der Waals surface area contributed by atoms with Crippen LogP contribution in [0.5, 0.6) is 0 Å². The minimum absolute atomic E-state index is 0.0444.